The van der Waals surface area contributed by atoms with Crippen LogP contribution < -0.4 is 11.1 Å². The van der Waals surface area contributed by atoms with Crippen LogP contribution in [0.25, 0.3) is 22.3 Å². The molecule has 0 atom stereocenters. The highest BCUT2D eigenvalue weighted by Crippen LogP contribution is 2.16. The van der Waals surface area contributed by atoms with Gasteiger partial charge in [0.1, 0.15) is 22.7 Å². The molecule has 4 aromatic heterocycles. The van der Waals surface area contributed by atoms with Crippen molar-refractivity contribution in [3.05, 3.63) is 119 Å². The quantitative estimate of drug-likeness (QED) is 0.142. The third-order valence-corrected chi connectivity index (χ3v) is 7.51. The van der Waals surface area contributed by atoms with E-state index in [9.17, 15) is 0 Å². The van der Waals surface area contributed by atoms with Crippen LogP contribution >= 0.6 is 11.6 Å². The van der Waals surface area contributed by atoms with Crippen LogP contribution in [-0.2, 0) is 38.6 Å². The molecule has 6 rings (SSSR count). The molecule has 3 N–H and O–H groups in total. The number of hydrogen-bond donors (Lipinski definition) is 2. The molecular weight excluding hydrogens is 618 g/mol. The van der Waals surface area contributed by atoms with Gasteiger partial charge in [-0.2, -0.15) is 5.26 Å². The van der Waals surface area contributed by atoms with E-state index in [1.165, 1.54) is 29.2 Å². The maximum Gasteiger partial charge on any atom is 0.160 e. The monoisotopic (exact) mass is 665 g/mol. The van der Waals surface area contributed by atoms with Crippen LogP contribution in [0.2, 0.25) is 0 Å². The molecule has 0 amide bonds. The molecule has 10 heteroatoms. The number of rotatable bonds is 10. The number of pyridine rings is 2. The summed E-state index contributed by atoms with van der Waals surface area (Å²) < 4.78 is 4.31. The van der Waals surface area contributed by atoms with E-state index in [0.717, 1.165) is 73.0 Å². The second-order valence-corrected chi connectivity index (χ2v) is 11.5. The van der Waals surface area contributed by atoms with Crippen LogP contribution in [0.3, 0.4) is 0 Å². The molecule has 0 aliphatic heterocycles. The predicted octanol–water partition coefficient (Wildman–Crippen LogP) is 8.00. The second-order valence-electron chi connectivity index (χ2n) is 11.2. The summed E-state index contributed by atoms with van der Waals surface area (Å²) in [5.74, 6) is 2.40. The van der Waals surface area contributed by atoms with Gasteiger partial charge in [-0.15, -0.1) is 11.6 Å². The Bertz CT molecular complexity index is 1840. The van der Waals surface area contributed by atoms with Gasteiger partial charge in [0.2, 0.25) is 0 Å². The lowest BCUT2D eigenvalue weighted by molar-refractivity contribution is 0.596. The molecule has 0 bridgehead atoms. The normalized spacial score (nSPS) is 10.3. The Labute approximate surface area is 289 Å². The zero-order chi connectivity index (χ0) is 34.7. The van der Waals surface area contributed by atoms with Crippen molar-refractivity contribution in [1.29, 1.82) is 5.26 Å². The highest BCUT2D eigenvalue weighted by molar-refractivity contribution is 6.16. The summed E-state index contributed by atoms with van der Waals surface area (Å²) in [7, 11) is 0. The molecule has 252 valence electrons. The first-order chi connectivity index (χ1) is 23.4. The predicted molar refractivity (Wildman–Crippen MR) is 197 cm³/mol. The number of benzene rings is 2. The zero-order valence-corrected chi connectivity index (χ0v) is 29.6. The third-order valence-electron chi connectivity index (χ3n) is 7.27. The minimum absolute atomic E-state index is 0.441. The number of alkyl halides is 1. The molecule has 0 aliphatic carbocycles. The van der Waals surface area contributed by atoms with Crippen molar-refractivity contribution in [2.45, 2.75) is 86.1 Å². The lowest BCUT2D eigenvalue weighted by atomic mass is 10.1. The van der Waals surface area contributed by atoms with Gasteiger partial charge in [0.05, 0.1) is 18.5 Å². The number of imidazole rings is 2. The van der Waals surface area contributed by atoms with Crippen molar-refractivity contribution < 1.29 is 0 Å². The van der Waals surface area contributed by atoms with E-state index in [1.54, 1.807) is 12.3 Å². The molecule has 9 nitrogen and oxygen atoms in total. The van der Waals surface area contributed by atoms with E-state index < -0.39 is 0 Å². The number of aryl methyl sites for hydroxylation is 4. The van der Waals surface area contributed by atoms with E-state index in [-0.39, 0.29) is 0 Å². The van der Waals surface area contributed by atoms with Gasteiger partial charge in [0.25, 0.3) is 0 Å². The Morgan fingerprint density at radius 3 is 1.65 bits per heavy atom. The SMILES string of the molecule is CC#N.CCCn1c(CCl)nc2cccnc21.CCCn1c(CNCc2ccc(C)cc2)nc2cccnc21.Cc1ccc(CN)cc1. The van der Waals surface area contributed by atoms with E-state index in [2.05, 4.69) is 106 Å². The molecule has 0 fully saturated rings. The summed E-state index contributed by atoms with van der Waals surface area (Å²) in [6.45, 7) is 14.0. The van der Waals surface area contributed by atoms with Crippen LogP contribution in [0.5, 0.6) is 0 Å². The van der Waals surface area contributed by atoms with Crippen LogP contribution in [0.4, 0.5) is 0 Å². The molecule has 6 aromatic rings. The van der Waals surface area contributed by atoms with E-state index in [0.29, 0.717) is 12.4 Å². The van der Waals surface area contributed by atoms with Crippen molar-refractivity contribution in [3.63, 3.8) is 0 Å². The van der Waals surface area contributed by atoms with Gasteiger partial charge in [-0.3, -0.25) is 0 Å². The molecule has 0 radical (unpaired) electrons. The first kappa shape index (κ1) is 37.8. The lowest BCUT2D eigenvalue weighted by Crippen LogP contribution is -2.17. The molecular formula is C38H48ClN9. The summed E-state index contributed by atoms with van der Waals surface area (Å²) in [5, 5.41) is 10.8. The minimum Gasteiger partial charge on any atom is -0.326 e. The number of fused-ring (bicyclic) bond motifs is 2. The Balaban J connectivity index is 0.000000205. The molecule has 0 unspecified atom stereocenters. The maximum atomic E-state index is 7.32. The number of nitrogens with one attached hydrogen (secondary N) is 1. The fraction of sp³-hybridized carbons (Fsp3) is 0.342. The Morgan fingerprint density at radius 1 is 0.729 bits per heavy atom. The fourth-order valence-electron chi connectivity index (χ4n) is 4.91. The van der Waals surface area contributed by atoms with Crippen molar-refractivity contribution >= 4 is 33.9 Å². The largest absolute Gasteiger partial charge is 0.326 e. The van der Waals surface area contributed by atoms with Gasteiger partial charge < -0.3 is 20.2 Å². The fourth-order valence-corrected chi connectivity index (χ4v) is 5.12. The third kappa shape index (κ3) is 11.3. The van der Waals surface area contributed by atoms with Gasteiger partial charge in [0.15, 0.2) is 11.3 Å². The van der Waals surface area contributed by atoms with Crippen LogP contribution in [0, 0.1) is 25.2 Å². The highest BCUT2D eigenvalue weighted by atomic mass is 35.5. The van der Waals surface area contributed by atoms with E-state index in [4.69, 9.17) is 27.6 Å². The van der Waals surface area contributed by atoms with E-state index in [1.807, 2.05) is 30.5 Å². The molecule has 0 saturated heterocycles. The first-order valence-corrected chi connectivity index (χ1v) is 16.9. The molecule has 2 aromatic carbocycles. The van der Waals surface area contributed by atoms with Crippen LogP contribution in [-0.4, -0.2) is 29.1 Å². The Kier molecular flexibility index (Phi) is 16.2. The molecule has 48 heavy (non-hydrogen) atoms. The smallest absolute Gasteiger partial charge is 0.160 e. The van der Waals surface area contributed by atoms with Crippen molar-refractivity contribution in [3.8, 4) is 6.07 Å². The molecule has 0 saturated carbocycles. The standard InChI is InChI=1S/C18H22N4.C10H12ClN3.C8H11N.C2H3N/c1-3-11-22-17(21-16-5-4-10-20-18(16)22)13-19-12-15-8-6-14(2)7-9-15;1-2-6-14-9(7-11)13-8-4-3-5-12-10(8)14;1-7-2-4-8(6-9)5-3-7;1-2-3/h4-10,19H,3,11-13H2,1-2H3;3-5H,2,6-7H2,1H3;2-5H,6,9H2,1H3;1H3. The first-order valence-electron chi connectivity index (χ1n) is 16.4. The van der Waals surface area contributed by atoms with Crippen LogP contribution in [0.15, 0.2) is 85.2 Å². The number of nitriles is 1. The lowest BCUT2D eigenvalue weighted by Gasteiger charge is -2.08. The zero-order valence-electron chi connectivity index (χ0n) is 28.8. The molecule has 0 spiro atoms. The summed E-state index contributed by atoms with van der Waals surface area (Å²) in [6, 6.07) is 26.4. The van der Waals surface area contributed by atoms with Crippen LogP contribution in [0.1, 0.15) is 67.5 Å². The van der Waals surface area contributed by atoms with E-state index >= 15 is 0 Å². The van der Waals surface area contributed by atoms with Crippen molar-refractivity contribution in [2.75, 3.05) is 0 Å². The maximum absolute atomic E-state index is 7.32. The van der Waals surface area contributed by atoms with Gasteiger partial charge in [-0.05, 0) is 62.1 Å². The summed E-state index contributed by atoms with van der Waals surface area (Å²) >= 11 is 5.83. The molecule has 0 aliphatic rings. The van der Waals surface area contributed by atoms with Gasteiger partial charge in [0, 0.05) is 45.5 Å². The van der Waals surface area contributed by atoms with Crippen molar-refractivity contribution in [1.82, 2.24) is 34.4 Å². The molecule has 4 heterocycles. The number of nitrogens with two attached hydrogens (primary N) is 1. The number of nitrogens with zero attached hydrogens (tertiary/aromatic N) is 7. The number of hydrogen-bond acceptors (Lipinski definition) is 7. The second kappa shape index (κ2) is 20.6. The summed E-state index contributed by atoms with van der Waals surface area (Å²) in [5.41, 5.74) is 14.3. The number of halogens is 1. The van der Waals surface area contributed by atoms with Gasteiger partial charge >= 0.3 is 0 Å². The Hall–Kier alpha value is -4.62. The average molecular weight is 666 g/mol. The summed E-state index contributed by atoms with van der Waals surface area (Å²) in [4.78, 5) is 17.9. The topological polar surface area (TPSA) is 123 Å². The summed E-state index contributed by atoms with van der Waals surface area (Å²) in [6.07, 6.45) is 5.76. The Morgan fingerprint density at radius 2 is 1.19 bits per heavy atom. The van der Waals surface area contributed by atoms with Gasteiger partial charge in [-0.25, -0.2) is 19.9 Å². The number of aromatic nitrogens is 6. The van der Waals surface area contributed by atoms with Crippen molar-refractivity contribution in [2.24, 2.45) is 5.73 Å². The average Bonchev–Trinajstić information content (AvgIpc) is 3.65. The minimum atomic E-state index is 0.441. The van der Waals surface area contributed by atoms with Gasteiger partial charge in [-0.1, -0.05) is 73.5 Å². The highest BCUT2D eigenvalue weighted by Gasteiger charge is 2.11.